The van der Waals surface area contributed by atoms with Gasteiger partial charge in [0.15, 0.2) is 0 Å². The molecule has 1 fully saturated rings. The molecular weight excluding hydrogens is 480 g/mol. The number of carbonyl (C=O) groups is 3. The van der Waals surface area contributed by atoms with E-state index in [1.54, 1.807) is 18.9 Å². The summed E-state index contributed by atoms with van der Waals surface area (Å²) >= 11 is 0. The van der Waals surface area contributed by atoms with Crippen LogP contribution < -0.4 is 16.0 Å². The minimum atomic E-state index is -0.794. The second-order valence-electron chi connectivity index (χ2n) is 11.3. The maximum absolute atomic E-state index is 14.2. The fraction of sp³-hybridized carbons (Fsp3) is 0.500. The molecule has 1 unspecified atom stereocenters. The van der Waals surface area contributed by atoms with Crippen molar-refractivity contribution in [2.24, 2.45) is 5.92 Å². The summed E-state index contributed by atoms with van der Waals surface area (Å²) in [5.74, 6) is -0.822. The number of anilines is 1. The molecular formula is C30H40N4O4. The summed E-state index contributed by atoms with van der Waals surface area (Å²) in [5.41, 5.74) is 3.48. The maximum Gasteiger partial charge on any atom is 0.251 e. The lowest BCUT2D eigenvalue weighted by Crippen LogP contribution is -2.56. The third kappa shape index (κ3) is 6.08. The number of nitrogens with one attached hydrogen (secondary N) is 3. The molecule has 0 spiro atoms. The van der Waals surface area contributed by atoms with Gasteiger partial charge in [0.1, 0.15) is 12.1 Å². The van der Waals surface area contributed by atoms with Crippen molar-refractivity contribution in [2.75, 3.05) is 25.6 Å². The Morgan fingerprint density at radius 2 is 1.74 bits per heavy atom. The van der Waals surface area contributed by atoms with Crippen molar-refractivity contribution in [3.63, 3.8) is 0 Å². The number of hydrogen-bond acceptors (Lipinski definition) is 5. The van der Waals surface area contributed by atoms with E-state index in [4.69, 9.17) is 4.74 Å². The van der Waals surface area contributed by atoms with E-state index in [0.29, 0.717) is 38.3 Å². The van der Waals surface area contributed by atoms with Crippen LogP contribution in [0.4, 0.5) is 5.69 Å². The van der Waals surface area contributed by atoms with Crippen LogP contribution in [0.15, 0.2) is 48.5 Å². The second kappa shape index (κ2) is 11.7. The van der Waals surface area contributed by atoms with Crippen molar-refractivity contribution in [3.05, 3.63) is 65.2 Å². The van der Waals surface area contributed by atoms with Crippen molar-refractivity contribution < 1.29 is 19.1 Å². The zero-order chi connectivity index (χ0) is 27.4. The van der Waals surface area contributed by atoms with Gasteiger partial charge in [-0.05, 0) is 67.0 Å². The predicted octanol–water partition coefficient (Wildman–Crippen LogP) is 3.53. The number of rotatable bonds is 7. The number of carbonyl (C=O) groups excluding carboxylic acids is 3. The molecule has 204 valence electrons. The van der Waals surface area contributed by atoms with Crippen molar-refractivity contribution >= 4 is 23.4 Å². The fourth-order valence-electron chi connectivity index (χ4n) is 5.17. The highest BCUT2D eigenvalue weighted by atomic mass is 16.5. The van der Waals surface area contributed by atoms with E-state index in [1.165, 1.54) is 0 Å². The lowest BCUT2D eigenvalue weighted by atomic mass is 9.87. The van der Waals surface area contributed by atoms with E-state index in [1.807, 2.05) is 48.5 Å². The molecule has 3 amide bonds. The van der Waals surface area contributed by atoms with Gasteiger partial charge in [-0.2, -0.15) is 0 Å². The van der Waals surface area contributed by atoms with Crippen LogP contribution in [0, 0.1) is 5.92 Å². The Morgan fingerprint density at radius 1 is 1.03 bits per heavy atom. The molecule has 2 aromatic carbocycles. The van der Waals surface area contributed by atoms with Gasteiger partial charge in [0, 0.05) is 25.4 Å². The van der Waals surface area contributed by atoms with Crippen LogP contribution in [0.25, 0.3) is 0 Å². The first kappa shape index (κ1) is 27.8. The van der Waals surface area contributed by atoms with Gasteiger partial charge in [0.05, 0.1) is 6.04 Å². The zero-order valence-electron chi connectivity index (χ0n) is 23.0. The van der Waals surface area contributed by atoms with E-state index >= 15 is 0 Å². The van der Waals surface area contributed by atoms with E-state index < -0.39 is 18.1 Å². The van der Waals surface area contributed by atoms with E-state index in [9.17, 15) is 14.4 Å². The summed E-state index contributed by atoms with van der Waals surface area (Å²) in [6, 6.07) is 13.5. The van der Waals surface area contributed by atoms with Crippen LogP contribution in [0.5, 0.6) is 0 Å². The van der Waals surface area contributed by atoms with Crippen LogP contribution in [0.2, 0.25) is 0 Å². The Hall–Kier alpha value is -3.23. The molecule has 8 nitrogen and oxygen atoms in total. The average molecular weight is 521 g/mol. The van der Waals surface area contributed by atoms with Gasteiger partial charge in [-0.3, -0.25) is 14.4 Å². The first-order valence-electron chi connectivity index (χ1n) is 13.4. The molecule has 0 radical (unpaired) electrons. The highest BCUT2D eigenvalue weighted by Crippen LogP contribution is 2.36. The molecule has 2 aliphatic rings. The average Bonchev–Trinajstić information content (AvgIpc) is 3.30. The van der Waals surface area contributed by atoms with Crippen molar-refractivity contribution in [2.45, 2.75) is 70.6 Å². The summed E-state index contributed by atoms with van der Waals surface area (Å²) in [6.07, 6.45) is 1.34. The fourth-order valence-corrected chi connectivity index (χ4v) is 5.17. The second-order valence-corrected chi connectivity index (χ2v) is 11.3. The normalized spacial score (nSPS) is 19.4. The van der Waals surface area contributed by atoms with E-state index in [0.717, 1.165) is 16.7 Å². The molecule has 2 aromatic rings. The Morgan fingerprint density at radius 3 is 2.42 bits per heavy atom. The smallest absolute Gasteiger partial charge is 0.251 e. The Balaban J connectivity index is 1.64. The topological polar surface area (TPSA) is 99.8 Å². The maximum atomic E-state index is 14.2. The number of ether oxygens (including phenoxy) is 1. The number of amides is 3. The number of likely N-dealkylation sites (N-methyl/N-ethyl adjacent to an activating group) is 1. The molecule has 0 bridgehead atoms. The van der Waals surface area contributed by atoms with Gasteiger partial charge in [-0.15, -0.1) is 0 Å². The van der Waals surface area contributed by atoms with Gasteiger partial charge in [0.2, 0.25) is 11.8 Å². The van der Waals surface area contributed by atoms with Crippen LogP contribution >= 0.6 is 0 Å². The molecule has 0 saturated carbocycles. The summed E-state index contributed by atoms with van der Waals surface area (Å²) in [5, 5.41) is 8.99. The number of fused-ring (bicyclic) bond motifs is 1. The van der Waals surface area contributed by atoms with Gasteiger partial charge in [0.25, 0.3) is 5.91 Å². The van der Waals surface area contributed by atoms with Crippen LogP contribution in [-0.4, -0.2) is 55.0 Å². The molecule has 38 heavy (non-hydrogen) atoms. The van der Waals surface area contributed by atoms with Gasteiger partial charge in [-0.25, -0.2) is 0 Å². The highest BCUT2D eigenvalue weighted by Gasteiger charge is 2.43. The zero-order valence-corrected chi connectivity index (χ0v) is 23.0. The lowest BCUT2D eigenvalue weighted by Gasteiger charge is -2.35. The van der Waals surface area contributed by atoms with Crippen molar-refractivity contribution in [1.82, 2.24) is 15.5 Å². The Kier molecular flexibility index (Phi) is 8.53. The number of hydrogen-bond donors (Lipinski definition) is 3. The summed E-state index contributed by atoms with van der Waals surface area (Å²) in [4.78, 5) is 42.5. The minimum Gasteiger partial charge on any atom is -0.381 e. The molecule has 8 heteroatoms. The molecule has 3 N–H and O–H groups in total. The summed E-state index contributed by atoms with van der Waals surface area (Å²) < 4.78 is 5.52. The molecule has 2 heterocycles. The molecule has 0 aliphatic carbocycles. The van der Waals surface area contributed by atoms with Gasteiger partial charge >= 0.3 is 0 Å². The first-order chi connectivity index (χ1) is 18.1. The van der Waals surface area contributed by atoms with Crippen molar-refractivity contribution in [1.29, 1.82) is 0 Å². The molecule has 2 aliphatic heterocycles. The van der Waals surface area contributed by atoms with Crippen molar-refractivity contribution in [3.8, 4) is 0 Å². The number of benzene rings is 2. The van der Waals surface area contributed by atoms with Crippen LogP contribution in [0.3, 0.4) is 0 Å². The van der Waals surface area contributed by atoms with E-state index in [-0.39, 0.29) is 29.1 Å². The monoisotopic (exact) mass is 520 g/mol. The lowest BCUT2D eigenvalue weighted by molar-refractivity contribution is -0.144. The third-order valence-electron chi connectivity index (χ3n) is 7.66. The van der Waals surface area contributed by atoms with Crippen LogP contribution in [-0.2, 0) is 31.1 Å². The molecule has 3 atom stereocenters. The minimum absolute atomic E-state index is 0.0671. The van der Waals surface area contributed by atoms with Gasteiger partial charge in [-0.1, -0.05) is 57.2 Å². The largest absolute Gasteiger partial charge is 0.381 e. The summed E-state index contributed by atoms with van der Waals surface area (Å²) in [7, 11) is 1.71. The quantitative estimate of drug-likeness (QED) is 0.519. The third-order valence-corrected chi connectivity index (χ3v) is 7.66. The Bertz CT molecular complexity index is 1170. The van der Waals surface area contributed by atoms with Gasteiger partial charge < -0.3 is 25.6 Å². The Labute approximate surface area is 225 Å². The predicted molar refractivity (Wildman–Crippen MR) is 148 cm³/mol. The SMILES string of the molecule is CN[C@@H](C)C(=O)NC(C(=O)N1Cc2ccccc2[C@H]1C(=O)Nc1cccc(C(C)(C)C)c1)C1CCOCC1. The highest BCUT2D eigenvalue weighted by molar-refractivity contribution is 6.00. The standard InChI is InChI=1S/C30H40N4O4/c1-19(31-5)27(35)33-25(20-13-15-38-16-14-20)29(37)34-18-21-9-6-7-12-24(21)26(34)28(36)32-23-11-8-10-22(17-23)30(2,3)4/h6-12,17,19-20,25-26,31H,13-16,18H2,1-5H3,(H,32,36)(H,33,35)/t19-,25?,26-/m0/s1. The van der Waals surface area contributed by atoms with E-state index in [2.05, 4.69) is 36.7 Å². The van der Waals surface area contributed by atoms with Crippen LogP contribution in [0.1, 0.15) is 63.3 Å². The summed E-state index contributed by atoms with van der Waals surface area (Å²) in [6.45, 7) is 9.53. The first-order valence-corrected chi connectivity index (χ1v) is 13.4. The molecule has 0 aromatic heterocycles. The molecule has 4 rings (SSSR count). The number of nitrogens with zero attached hydrogens (tertiary/aromatic N) is 1. The molecule has 1 saturated heterocycles.